The number of hydrogen-bond donors (Lipinski definition) is 9. The van der Waals surface area contributed by atoms with Crippen LogP contribution in [-0.2, 0) is 43.2 Å². The number of phenolic OH excluding ortho intramolecular Hbond substituents is 1. The fourth-order valence-corrected chi connectivity index (χ4v) is 5.64. The number of fused-ring (bicyclic) bond motifs is 2. The molecule has 0 aliphatic rings. The van der Waals surface area contributed by atoms with E-state index in [1.807, 2.05) is 36.4 Å². The first kappa shape index (κ1) is 34.2. The Morgan fingerprint density at radius 2 is 1.12 bits per heavy atom. The Morgan fingerprint density at radius 3 is 1.67 bits per heavy atom. The number of carbonyl (C=O) groups excluding carboxylic acids is 3. The van der Waals surface area contributed by atoms with E-state index in [2.05, 4.69) is 25.9 Å². The van der Waals surface area contributed by atoms with Gasteiger partial charge in [-0.05, 0) is 47.4 Å². The molecule has 4 unspecified atom stereocenters. The lowest BCUT2D eigenvalue weighted by atomic mass is 10.0. The molecule has 0 radical (unpaired) electrons. The van der Waals surface area contributed by atoms with E-state index in [4.69, 9.17) is 5.73 Å². The van der Waals surface area contributed by atoms with Crippen LogP contribution in [-0.4, -0.2) is 79.1 Å². The van der Waals surface area contributed by atoms with E-state index in [-0.39, 0.29) is 25.0 Å². The lowest BCUT2D eigenvalue weighted by molar-refractivity contribution is -0.143. The van der Waals surface area contributed by atoms with Gasteiger partial charge in [-0.2, -0.15) is 0 Å². The fourth-order valence-electron chi connectivity index (χ4n) is 5.64. The van der Waals surface area contributed by atoms with E-state index in [9.17, 15) is 39.3 Å². The van der Waals surface area contributed by atoms with Crippen LogP contribution in [0.4, 0.5) is 0 Å². The largest absolute Gasteiger partial charge is 0.508 e. The molecule has 3 aromatic carbocycles. The van der Waals surface area contributed by atoms with Gasteiger partial charge < -0.3 is 47.0 Å². The summed E-state index contributed by atoms with van der Waals surface area (Å²) in [6.45, 7) is 0. The van der Waals surface area contributed by atoms with E-state index in [1.165, 1.54) is 12.1 Å². The minimum atomic E-state index is -1.68. The number of aliphatic carboxylic acids is 2. The Balaban J connectivity index is 1.34. The average Bonchev–Trinajstić information content (AvgIpc) is 3.68. The van der Waals surface area contributed by atoms with E-state index in [0.717, 1.165) is 21.8 Å². The van der Waals surface area contributed by atoms with Gasteiger partial charge in [0.25, 0.3) is 0 Å². The molecule has 3 amide bonds. The predicted molar refractivity (Wildman–Crippen MR) is 179 cm³/mol. The molecule has 4 atom stereocenters. The molecule has 5 rings (SSSR count). The second-order valence-corrected chi connectivity index (χ2v) is 11.7. The summed E-state index contributed by atoms with van der Waals surface area (Å²) >= 11 is 0. The van der Waals surface area contributed by atoms with Gasteiger partial charge in [0, 0.05) is 47.0 Å². The first-order valence-corrected chi connectivity index (χ1v) is 15.5. The summed E-state index contributed by atoms with van der Waals surface area (Å²) in [5.74, 6) is -5.31. The second kappa shape index (κ2) is 15.2. The van der Waals surface area contributed by atoms with E-state index >= 15 is 0 Å². The van der Waals surface area contributed by atoms with Crippen LogP contribution in [0.3, 0.4) is 0 Å². The van der Waals surface area contributed by atoms with Gasteiger partial charge in [-0.1, -0.05) is 48.5 Å². The third-order valence-electron chi connectivity index (χ3n) is 8.19. The van der Waals surface area contributed by atoms with Gasteiger partial charge in [-0.15, -0.1) is 0 Å². The van der Waals surface area contributed by atoms with Crippen LogP contribution in [0.1, 0.15) is 23.1 Å². The number of aromatic nitrogens is 2. The lowest BCUT2D eigenvalue weighted by Crippen LogP contribution is -2.58. The molecule has 49 heavy (non-hydrogen) atoms. The lowest BCUT2D eigenvalue weighted by Gasteiger charge is -2.24. The minimum absolute atomic E-state index is 0.0461. The summed E-state index contributed by atoms with van der Waals surface area (Å²) in [7, 11) is 0. The Morgan fingerprint density at radius 1 is 0.633 bits per heavy atom. The number of amides is 3. The van der Waals surface area contributed by atoms with Crippen LogP contribution < -0.4 is 21.7 Å². The number of nitrogens with one attached hydrogen (secondary N) is 5. The van der Waals surface area contributed by atoms with Gasteiger partial charge >= 0.3 is 11.9 Å². The maximum Gasteiger partial charge on any atom is 0.326 e. The van der Waals surface area contributed by atoms with E-state index in [1.54, 1.807) is 36.7 Å². The quantitative estimate of drug-likeness (QED) is 0.0788. The molecule has 10 N–H and O–H groups in total. The van der Waals surface area contributed by atoms with Crippen molar-refractivity contribution < 1.29 is 39.3 Å². The van der Waals surface area contributed by atoms with E-state index in [0.29, 0.717) is 16.7 Å². The fraction of sp³-hybridized carbons (Fsp3) is 0.229. The average molecular weight is 669 g/mol. The Kier molecular flexibility index (Phi) is 10.6. The first-order valence-electron chi connectivity index (χ1n) is 15.5. The SMILES string of the molecule is NC(Cc1ccc(O)cc1)C(=O)NC(Cc1c[nH]c2ccccc12)C(=O)NC(CC(=O)O)C(=O)NC(Cc1c[nH]c2ccccc12)C(=O)O. The number of H-pyrrole nitrogens is 2. The number of carboxylic acid groups (broad SMARTS) is 2. The van der Waals surface area contributed by atoms with Crippen molar-refractivity contribution >= 4 is 51.5 Å². The summed E-state index contributed by atoms with van der Waals surface area (Å²) < 4.78 is 0. The van der Waals surface area contributed by atoms with Crippen molar-refractivity contribution in [3.05, 3.63) is 102 Å². The highest BCUT2D eigenvalue weighted by Crippen LogP contribution is 2.21. The van der Waals surface area contributed by atoms with Gasteiger partial charge in [-0.25, -0.2) is 4.79 Å². The predicted octanol–water partition coefficient (Wildman–Crippen LogP) is 1.72. The summed E-state index contributed by atoms with van der Waals surface area (Å²) in [4.78, 5) is 70.6. The molecule has 0 spiro atoms. The molecule has 5 aromatic rings. The summed E-state index contributed by atoms with van der Waals surface area (Å²) in [5, 5.41) is 38.1. The molecular formula is C35H36N6O8. The van der Waals surface area contributed by atoms with E-state index < -0.39 is 60.2 Å². The number of carbonyl (C=O) groups is 5. The van der Waals surface area contributed by atoms with Crippen molar-refractivity contribution in [1.82, 2.24) is 25.9 Å². The highest BCUT2D eigenvalue weighted by atomic mass is 16.4. The first-order chi connectivity index (χ1) is 23.5. The van der Waals surface area contributed by atoms with Gasteiger partial charge in [0.05, 0.1) is 12.5 Å². The standard InChI is InChI=1S/C35H36N6O8/c36-25(13-19-9-11-22(42)12-10-19)32(45)39-28(14-20-17-37-26-7-3-1-5-23(20)26)33(46)40-29(16-31(43)44)34(47)41-30(35(48)49)15-21-18-38-27-8-4-2-6-24(21)27/h1-12,17-18,25,28-30,37-38,42H,13-16,36H2,(H,39,45)(H,40,46)(H,41,47)(H,43,44)(H,48,49). The molecule has 0 bridgehead atoms. The molecule has 0 aliphatic heterocycles. The number of aromatic hydroxyl groups is 1. The van der Waals surface area contributed by atoms with Crippen LogP contribution >= 0.6 is 0 Å². The highest BCUT2D eigenvalue weighted by Gasteiger charge is 2.32. The molecule has 0 fully saturated rings. The normalized spacial score (nSPS) is 13.7. The molecule has 14 heteroatoms. The molecular weight excluding hydrogens is 632 g/mol. The number of hydrogen-bond acceptors (Lipinski definition) is 7. The topological polar surface area (TPSA) is 240 Å². The van der Waals surface area contributed by atoms with Crippen molar-refractivity contribution in [1.29, 1.82) is 0 Å². The monoisotopic (exact) mass is 668 g/mol. The van der Waals surface area contributed by atoms with Crippen molar-refractivity contribution in [3.8, 4) is 5.75 Å². The van der Waals surface area contributed by atoms with Crippen LogP contribution in [0, 0.1) is 0 Å². The van der Waals surface area contributed by atoms with Crippen molar-refractivity contribution in [2.75, 3.05) is 0 Å². The molecule has 2 heterocycles. The smallest absolute Gasteiger partial charge is 0.326 e. The van der Waals surface area contributed by atoms with Gasteiger partial charge in [-0.3, -0.25) is 19.2 Å². The molecule has 0 saturated heterocycles. The third kappa shape index (κ3) is 8.61. The number of aromatic amines is 2. The summed E-state index contributed by atoms with van der Waals surface area (Å²) in [5.41, 5.74) is 9.67. The zero-order valence-electron chi connectivity index (χ0n) is 26.2. The second-order valence-electron chi connectivity index (χ2n) is 11.7. The highest BCUT2D eigenvalue weighted by molar-refractivity contribution is 5.96. The summed E-state index contributed by atoms with van der Waals surface area (Å²) in [6.07, 6.45) is 2.38. The molecule has 2 aromatic heterocycles. The van der Waals surface area contributed by atoms with Crippen LogP contribution in [0.15, 0.2) is 85.2 Å². The number of carboxylic acids is 2. The van der Waals surface area contributed by atoms with Crippen LogP contribution in [0.5, 0.6) is 5.75 Å². The number of benzene rings is 3. The van der Waals surface area contributed by atoms with Gasteiger partial charge in [0.15, 0.2) is 0 Å². The number of para-hydroxylation sites is 2. The number of phenols is 1. The number of rotatable bonds is 15. The van der Waals surface area contributed by atoms with Gasteiger partial charge in [0.2, 0.25) is 17.7 Å². The van der Waals surface area contributed by atoms with Crippen LogP contribution in [0.2, 0.25) is 0 Å². The minimum Gasteiger partial charge on any atom is -0.508 e. The van der Waals surface area contributed by atoms with Crippen molar-refractivity contribution in [3.63, 3.8) is 0 Å². The Labute approximate surface area is 279 Å². The number of nitrogens with two attached hydrogens (primary N) is 1. The summed E-state index contributed by atoms with van der Waals surface area (Å²) in [6, 6.07) is 15.1. The third-order valence-corrected chi connectivity index (χ3v) is 8.19. The zero-order chi connectivity index (χ0) is 35.1. The maximum absolute atomic E-state index is 13.8. The van der Waals surface area contributed by atoms with Crippen LogP contribution in [0.25, 0.3) is 21.8 Å². The van der Waals surface area contributed by atoms with Gasteiger partial charge in [0.1, 0.15) is 23.9 Å². The molecule has 254 valence electrons. The van der Waals surface area contributed by atoms with Crippen molar-refractivity contribution in [2.45, 2.75) is 49.9 Å². The zero-order valence-corrected chi connectivity index (χ0v) is 26.2. The molecule has 0 saturated carbocycles. The Hall–Kier alpha value is -6.15. The Bertz CT molecular complexity index is 1980. The molecule has 0 aliphatic carbocycles. The maximum atomic E-state index is 13.8. The van der Waals surface area contributed by atoms with Crippen molar-refractivity contribution in [2.24, 2.45) is 5.73 Å². The molecule has 14 nitrogen and oxygen atoms in total.